The Bertz CT molecular complexity index is 1730. The van der Waals surface area contributed by atoms with Crippen molar-refractivity contribution in [2.45, 2.75) is 31.4 Å². The van der Waals surface area contributed by atoms with Crippen LogP contribution >= 0.6 is 0 Å². The van der Waals surface area contributed by atoms with Crippen LogP contribution in [-0.2, 0) is 20.0 Å². The number of carbonyl (C=O) groups is 1. The molecule has 1 N–H and O–H groups in total. The third-order valence-electron chi connectivity index (χ3n) is 7.43. The molecule has 1 aliphatic heterocycles. The summed E-state index contributed by atoms with van der Waals surface area (Å²) in [5.41, 5.74) is 2.11. The first kappa shape index (κ1) is 25.6. The van der Waals surface area contributed by atoms with Crippen LogP contribution in [0.2, 0.25) is 0 Å². The predicted octanol–water partition coefficient (Wildman–Crippen LogP) is 2.69. The number of aromatic nitrogens is 6. The number of imidazole rings is 1. The van der Waals surface area contributed by atoms with E-state index < -0.39 is 11.2 Å². The summed E-state index contributed by atoms with van der Waals surface area (Å²) in [6, 6.07) is 15.7. The molecule has 10 nitrogen and oxygen atoms in total. The van der Waals surface area contributed by atoms with Crippen LogP contribution in [0.3, 0.4) is 0 Å². The number of aliphatic hydroxyl groups is 1. The Balaban J connectivity index is 1.16. The maximum Gasteiger partial charge on any atom is 0.296 e. The van der Waals surface area contributed by atoms with Crippen molar-refractivity contribution < 1.29 is 14.3 Å². The fraction of sp³-hybridized carbons (Fsp3) is 0.276. The second kappa shape index (κ2) is 10.2. The number of likely N-dealkylation sites (tertiary alicyclic amines) is 1. The topological polar surface area (TPSA) is 111 Å². The van der Waals surface area contributed by atoms with E-state index in [1.165, 1.54) is 33.7 Å². The van der Waals surface area contributed by atoms with Crippen molar-refractivity contribution in [1.82, 2.24) is 33.8 Å². The minimum Gasteiger partial charge on any atom is -0.388 e. The molecule has 1 fully saturated rings. The van der Waals surface area contributed by atoms with Gasteiger partial charge in [-0.25, -0.2) is 13.9 Å². The van der Waals surface area contributed by atoms with Gasteiger partial charge in [0.05, 0.1) is 35.3 Å². The minimum atomic E-state index is -1.19. The van der Waals surface area contributed by atoms with Gasteiger partial charge in [0.15, 0.2) is 0 Å². The number of hydrogen-bond donors (Lipinski definition) is 1. The molecule has 2 aromatic carbocycles. The van der Waals surface area contributed by atoms with E-state index in [1.807, 2.05) is 30.3 Å². The van der Waals surface area contributed by atoms with E-state index in [1.54, 1.807) is 35.0 Å². The summed E-state index contributed by atoms with van der Waals surface area (Å²) in [5, 5.41) is 20.2. The smallest absolute Gasteiger partial charge is 0.296 e. The molecule has 0 saturated carbocycles. The largest absolute Gasteiger partial charge is 0.388 e. The fourth-order valence-electron chi connectivity index (χ4n) is 5.24. The number of rotatable bonds is 6. The number of aryl methyl sites for hydroxylation is 1. The maximum absolute atomic E-state index is 13.4. The van der Waals surface area contributed by atoms with Gasteiger partial charge in [0.1, 0.15) is 12.1 Å². The molecule has 4 heterocycles. The first-order valence-corrected chi connectivity index (χ1v) is 13.1. The lowest BCUT2D eigenvalue weighted by atomic mass is 9.91. The third-order valence-corrected chi connectivity index (χ3v) is 7.43. The highest BCUT2D eigenvalue weighted by Gasteiger charge is 2.36. The summed E-state index contributed by atoms with van der Waals surface area (Å²) >= 11 is 0. The second-order valence-corrected chi connectivity index (χ2v) is 10.3. The highest BCUT2D eigenvalue weighted by Crippen LogP contribution is 2.26. The van der Waals surface area contributed by atoms with Gasteiger partial charge in [-0.2, -0.15) is 10.2 Å². The van der Waals surface area contributed by atoms with Crippen LogP contribution in [0.25, 0.3) is 16.9 Å². The van der Waals surface area contributed by atoms with Gasteiger partial charge in [-0.3, -0.25) is 18.8 Å². The Morgan fingerprint density at radius 1 is 1.07 bits per heavy atom. The molecule has 1 amide bonds. The molecule has 0 spiro atoms. The maximum atomic E-state index is 13.4. The quantitative estimate of drug-likeness (QED) is 0.354. The van der Waals surface area contributed by atoms with Crippen LogP contribution < -0.4 is 5.56 Å². The summed E-state index contributed by atoms with van der Waals surface area (Å²) in [7, 11) is 1.80. The first-order valence-electron chi connectivity index (χ1n) is 13.1. The van der Waals surface area contributed by atoms with Gasteiger partial charge in [-0.1, -0.05) is 30.3 Å². The van der Waals surface area contributed by atoms with E-state index in [0.717, 1.165) is 5.56 Å². The van der Waals surface area contributed by atoms with E-state index in [-0.39, 0.29) is 23.9 Å². The third kappa shape index (κ3) is 4.91. The molecular weight excluding hydrogens is 513 g/mol. The molecular formula is C29H28FN7O3. The number of nitrogens with zero attached hydrogens (tertiary/aromatic N) is 7. The van der Waals surface area contributed by atoms with Crippen LogP contribution in [0.1, 0.15) is 34.5 Å². The van der Waals surface area contributed by atoms with Crippen molar-refractivity contribution >= 4 is 11.6 Å². The highest BCUT2D eigenvalue weighted by atomic mass is 19.1. The second-order valence-electron chi connectivity index (χ2n) is 10.3. The minimum absolute atomic E-state index is 0.0300. The van der Waals surface area contributed by atoms with Gasteiger partial charge in [0.2, 0.25) is 5.65 Å². The van der Waals surface area contributed by atoms with E-state index in [4.69, 9.17) is 0 Å². The SMILES string of the molecule is Cn1cc(C(=O)N2CCC(O)(Cn3cnn4c(-c5ccc(F)cc5)cnc4c3=O)CC2)c(Cc2ccccc2)n1. The average Bonchev–Trinajstić information content (AvgIpc) is 3.55. The molecule has 5 aromatic rings. The molecule has 0 atom stereocenters. The first-order chi connectivity index (χ1) is 19.3. The Kier molecular flexibility index (Phi) is 6.51. The van der Waals surface area contributed by atoms with Gasteiger partial charge in [0.25, 0.3) is 11.5 Å². The Labute approximate surface area is 228 Å². The van der Waals surface area contributed by atoms with E-state index in [2.05, 4.69) is 15.2 Å². The van der Waals surface area contributed by atoms with Crippen molar-refractivity contribution in [3.63, 3.8) is 0 Å². The molecule has 0 aliphatic carbocycles. The lowest BCUT2D eigenvalue weighted by Gasteiger charge is -2.38. The van der Waals surface area contributed by atoms with Crippen LogP contribution in [0.4, 0.5) is 4.39 Å². The van der Waals surface area contributed by atoms with Gasteiger partial charge in [-0.15, -0.1) is 0 Å². The number of fused-ring (bicyclic) bond motifs is 1. The number of amides is 1. The van der Waals surface area contributed by atoms with Gasteiger partial charge < -0.3 is 10.0 Å². The van der Waals surface area contributed by atoms with E-state index in [9.17, 15) is 19.1 Å². The Morgan fingerprint density at radius 3 is 2.52 bits per heavy atom. The zero-order chi connectivity index (χ0) is 27.9. The molecule has 0 unspecified atom stereocenters. The predicted molar refractivity (Wildman–Crippen MR) is 145 cm³/mol. The van der Waals surface area contributed by atoms with E-state index >= 15 is 0 Å². The molecule has 204 valence electrons. The zero-order valence-electron chi connectivity index (χ0n) is 21.9. The van der Waals surface area contributed by atoms with Crippen molar-refractivity contribution in [3.8, 4) is 11.3 Å². The lowest BCUT2D eigenvalue weighted by Crippen LogP contribution is -2.49. The molecule has 0 radical (unpaired) electrons. The Hall–Kier alpha value is -4.64. The molecule has 1 aliphatic rings. The summed E-state index contributed by atoms with van der Waals surface area (Å²) in [5.74, 6) is -0.478. The van der Waals surface area contributed by atoms with E-state index in [0.29, 0.717) is 54.9 Å². The van der Waals surface area contributed by atoms with Crippen LogP contribution in [-0.4, -0.2) is 63.5 Å². The van der Waals surface area contributed by atoms with Crippen LogP contribution in [0, 0.1) is 5.82 Å². The number of halogens is 1. The Morgan fingerprint density at radius 2 is 1.80 bits per heavy atom. The van der Waals surface area contributed by atoms with Crippen molar-refractivity contribution in [2.75, 3.05) is 13.1 Å². The number of carbonyl (C=O) groups excluding carboxylic acids is 1. The molecule has 40 heavy (non-hydrogen) atoms. The van der Waals surface area contributed by atoms with Crippen molar-refractivity contribution in [1.29, 1.82) is 0 Å². The molecule has 0 bridgehead atoms. The monoisotopic (exact) mass is 541 g/mol. The summed E-state index contributed by atoms with van der Waals surface area (Å²) in [4.78, 5) is 32.6. The summed E-state index contributed by atoms with van der Waals surface area (Å²) in [6.45, 7) is 0.720. The van der Waals surface area contributed by atoms with Crippen LogP contribution in [0.15, 0.2) is 78.1 Å². The molecule has 11 heteroatoms. The van der Waals surface area contributed by atoms with Gasteiger partial charge in [-0.05, 0) is 42.7 Å². The highest BCUT2D eigenvalue weighted by molar-refractivity contribution is 5.95. The number of hydrogen-bond acceptors (Lipinski definition) is 6. The molecule has 1 saturated heterocycles. The normalized spacial score (nSPS) is 15.0. The zero-order valence-corrected chi connectivity index (χ0v) is 21.9. The fourth-order valence-corrected chi connectivity index (χ4v) is 5.24. The van der Waals surface area contributed by atoms with Gasteiger partial charge in [0, 0.05) is 38.3 Å². The molecule has 3 aromatic heterocycles. The summed E-state index contributed by atoms with van der Waals surface area (Å²) < 4.78 is 17.8. The van der Waals surface area contributed by atoms with Crippen molar-refractivity contribution in [2.24, 2.45) is 7.05 Å². The standard InChI is InChI=1S/C29H28FN7O3/c1-34-17-23(24(33-34)15-20-5-3-2-4-6-20)27(38)35-13-11-29(40,12-14-35)18-36-19-32-37-25(16-31-26(37)28(36)39)21-7-9-22(30)10-8-21/h2-10,16-17,19,40H,11-15,18H2,1H3. The number of benzene rings is 2. The number of piperidine rings is 1. The van der Waals surface area contributed by atoms with Crippen LogP contribution in [0.5, 0.6) is 0 Å². The van der Waals surface area contributed by atoms with Crippen molar-refractivity contribution in [3.05, 3.63) is 106 Å². The summed E-state index contributed by atoms with van der Waals surface area (Å²) in [6.07, 6.45) is 5.80. The molecule has 6 rings (SSSR count). The lowest BCUT2D eigenvalue weighted by molar-refractivity contribution is -0.0300. The van der Waals surface area contributed by atoms with Gasteiger partial charge >= 0.3 is 0 Å². The average molecular weight is 542 g/mol.